The van der Waals surface area contributed by atoms with Gasteiger partial charge >= 0.3 is 0 Å². The van der Waals surface area contributed by atoms with E-state index < -0.39 is 0 Å². The van der Waals surface area contributed by atoms with Gasteiger partial charge in [-0.05, 0) is 52.6 Å². The van der Waals surface area contributed by atoms with Gasteiger partial charge in [0.05, 0.1) is 13.2 Å². The average Bonchev–Trinajstić information content (AvgIpc) is 2.93. The van der Waals surface area contributed by atoms with Crippen molar-refractivity contribution in [3.63, 3.8) is 0 Å². The lowest BCUT2D eigenvalue weighted by atomic mass is 10.0. The maximum Gasteiger partial charge on any atom is 0.0642 e. The molecule has 1 saturated heterocycles. The van der Waals surface area contributed by atoms with E-state index in [1.54, 1.807) is 11.3 Å². The molecule has 0 aliphatic carbocycles. The highest BCUT2D eigenvalue weighted by atomic mass is 32.1. The van der Waals surface area contributed by atoms with Gasteiger partial charge in [0.15, 0.2) is 0 Å². The summed E-state index contributed by atoms with van der Waals surface area (Å²) in [5.74, 6) is 0. The van der Waals surface area contributed by atoms with Crippen LogP contribution in [0.15, 0.2) is 35.0 Å². The van der Waals surface area contributed by atoms with Gasteiger partial charge in [0.1, 0.15) is 0 Å². The highest BCUT2D eigenvalue weighted by Gasteiger charge is 2.12. The van der Waals surface area contributed by atoms with E-state index in [1.165, 1.54) is 22.4 Å². The van der Waals surface area contributed by atoms with Crippen LogP contribution in [-0.4, -0.2) is 26.3 Å². The molecule has 2 heterocycles. The van der Waals surface area contributed by atoms with Crippen LogP contribution in [0.1, 0.15) is 5.56 Å². The minimum absolute atomic E-state index is 0.835. The van der Waals surface area contributed by atoms with Crippen molar-refractivity contribution in [2.75, 3.05) is 31.2 Å². The first-order chi connectivity index (χ1) is 8.83. The zero-order chi connectivity index (χ0) is 12.4. The van der Waals surface area contributed by atoms with E-state index in [0.29, 0.717) is 0 Å². The Balaban J connectivity index is 1.95. The van der Waals surface area contributed by atoms with Crippen molar-refractivity contribution in [3.05, 3.63) is 40.6 Å². The Morgan fingerprint density at radius 2 is 1.94 bits per heavy atom. The summed E-state index contributed by atoms with van der Waals surface area (Å²) in [4.78, 5) is 2.41. The summed E-state index contributed by atoms with van der Waals surface area (Å²) in [6.07, 6.45) is 0. The molecule has 0 atom stereocenters. The minimum atomic E-state index is 0.835. The van der Waals surface area contributed by atoms with Crippen molar-refractivity contribution >= 4 is 17.0 Å². The van der Waals surface area contributed by atoms with E-state index in [4.69, 9.17) is 4.74 Å². The first-order valence-corrected chi connectivity index (χ1v) is 7.24. The molecule has 0 spiro atoms. The fraction of sp³-hybridized carbons (Fsp3) is 0.333. The second-order valence-corrected chi connectivity index (χ2v) is 5.45. The molecule has 2 aromatic rings. The van der Waals surface area contributed by atoms with Gasteiger partial charge in [0, 0.05) is 18.8 Å². The SMILES string of the molecule is Cc1cc(-c2ccsc2)cc(N2CCOCC2)c1. The van der Waals surface area contributed by atoms with Crippen LogP contribution in [0.5, 0.6) is 0 Å². The Morgan fingerprint density at radius 3 is 2.67 bits per heavy atom. The van der Waals surface area contributed by atoms with Crippen molar-refractivity contribution in [2.45, 2.75) is 6.92 Å². The molecule has 1 aliphatic heterocycles. The molecule has 3 heteroatoms. The van der Waals surface area contributed by atoms with Gasteiger partial charge in [-0.1, -0.05) is 6.07 Å². The third kappa shape index (κ3) is 2.42. The van der Waals surface area contributed by atoms with Gasteiger partial charge in [-0.2, -0.15) is 11.3 Å². The Kier molecular flexibility index (Phi) is 3.35. The molecule has 1 fully saturated rings. The summed E-state index contributed by atoms with van der Waals surface area (Å²) >= 11 is 1.75. The fourth-order valence-electron chi connectivity index (χ4n) is 2.36. The minimum Gasteiger partial charge on any atom is -0.378 e. The highest BCUT2D eigenvalue weighted by molar-refractivity contribution is 7.08. The van der Waals surface area contributed by atoms with E-state index >= 15 is 0 Å². The van der Waals surface area contributed by atoms with Crippen LogP contribution < -0.4 is 4.90 Å². The monoisotopic (exact) mass is 259 g/mol. The van der Waals surface area contributed by atoms with Gasteiger partial charge in [-0.15, -0.1) is 0 Å². The Morgan fingerprint density at radius 1 is 1.11 bits per heavy atom. The van der Waals surface area contributed by atoms with E-state index in [0.717, 1.165) is 26.3 Å². The molecule has 0 N–H and O–H groups in total. The van der Waals surface area contributed by atoms with Crippen molar-refractivity contribution in [1.82, 2.24) is 0 Å². The Bertz CT molecular complexity index is 515. The summed E-state index contributed by atoms with van der Waals surface area (Å²) in [5.41, 5.74) is 5.27. The average molecular weight is 259 g/mol. The summed E-state index contributed by atoms with van der Waals surface area (Å²) in [7, 11) is 0. The molecule has 0 amide bonds. The molecule has 2 nitrogen and oxygen atoms in total. The molecule has 1 aromatic heterocycles. The summed E-state index contributed by atoms with van der Waals surface area (Å²) in [6.45, 7) is 5.82. The lowest BCUT2D eigenvalue weighted by Crippen LogP contribution is -2.36. The molecular formula is C15H17NOS. The predicted octanol–water partition coefficient (Wildman–Crippen LogP) is 3.56. The van der Waals surface area contributed by atoms with Crippen LogP contribution in [0.3, 0.4) is 0 Å². The Hall–Kier alpha value is -1.32. The van der Waals surface area contributed by atoms with Crippen molar-refractivity contribution in [2.24, 2.45) is 0 Å². The maximum atomic E-state index is 5.41. The van der Waals surface area contributed by atoms with Gasteiger partial charge < -0.3 is 9.64 Å². The molecule has 18 heavy (non-hydrogen) atoms. The normalized spacial score (nSPS) is 15.9. The van der Waals surface area contributed by atoms with Crippen LogP contribution in [0.25, 0.3) is 11.1 Å². The number of hydrogen-bond donors (Lipinski definition) is 0. The predicted molar refractivity (Wildman–Crippen MR) is 77.5 cm³/mol. The van der Waals surface area contributed by atoms with Gasteiger partial charge in [0.2, 0.25) is 0 Å². The lowest BCUT2D eigenvalue weighted by Gasteiger charge is -2.29. The first-order valence-electron chi connectivity index (χ1n) is 6.30. The Labute approximate surface area is 112 Å². The van der Waals surface area contributed by atoms with E-state index in [1.807, 2.05) is 0 Å². The van der Waals surface area contributed by atoms with E-state index in [2.05, 4.69) is 46.8 Å². The third-order valence-corrected chi connectivity index (χ3v) is 3.98. The largest absolute Gasteiger partial charge is 0.378 e. The highest BCUT2D eigenvalue weighted by Crippen LogP contribution is 2.28. The molecule has 0 radical (unpaired) electrons. The van der Waals surface area contributed by atoms with E-state index in [9.17, 15) is 0 Å². The topological polar surface area (TPSA) is 12.5 Å². The van der Waals surface area contributed by atoms with Crippen LogP contribution >= 0.6 is 11.3 Å². The number of ether oxygens (including phenoxy) is 1. The number of rotatable bonds is 2. The first kappa shape index (κ1) is 11.8. The molecular weight excluding hydrogens is 242 g/mol. The number of aryl methyl sites for hydroxylation is 1. The zero-order valence-corrected chi connectivity index (χ0v) is 11.4. The third-order valence-electron chi connectivity index (χ3n) is 3.29. The van der Waals surface area contributed by atoms with E-state index in [-0.39, 0.29) is 0 Å². The van der Waals surface area contributed by atoms with Crippen molar-refractivity contribution < 1.29 is 4.74 Å². The van der Waals surface area contributed by atoms with Crippen LogP contribution in [0, 0.1) is 6.92 Å². The molecule has 1 aliphatic rings. The van der Waals surface area contributed by atoms with Gasteiger partial charge in [0.25, 0.3) is 0 Å². The summed E-state index contributed by atoms with van der Waals surface area (Å²) in [5, 5.41) is 4.34. The van der Waals surface area contributed by atoms with Crippen LogP contribution in [0.4, 0.5) is 5.69 Å². The number of nitrogens with zero attached hydrogens (tertiary/aromatic N) is 1. The molecule has 1 aromatic carbocycles. The molecule has 94 valence electrons. The fourth-order valence-corrected chi connectivity index (χ4v) is 3.03. The zero-order valence-electron chi connectivity index (χ0n) is 10.6. The van der Waals surface area contributed by atoms with Crippen molar-refractivity contribution in [3.8, 4) is 11.1 Å². The van der Waals surface area contributed by atoms with Crippen LogP contribution in [0.2, 0.25) is 0 Å². The number of benzene rings is 1. The lowest BCUT2D eigenvalue weighted by molar-refractivity contribution is 0.122. The number of morpholine rings is 1. The number of anilines is 1. The van der Waals surface area contributed by atoms with Gasteiger partial charge in [-0.3, -0.25) is 0 Å². The second kappa shape index (κ2) is 5.12. The van der Waals surface area contributed by atoms with Gasteiger partial charge in [-0.25, -0.2) is 0 Å². The smallest absolute Gasteiger partial charge is 0.0642 e. The number of thiophene rings is 1. The summed E-state index contributed by atoms with van der Waals surface area (Å²) < 4.78 is 5.41. The van der Waals surface area contributed by atoms with Crippen molar-refractivity contribution in [1.29, 1.82) is 0 Å². The van der Waals surface area contributed by atoms with Crippen LogP contribution in [-0.2, 0) is 4.74 Å². The molecule has 3 rings (SSSR count). The maximum absolute atomic E-state index is 5.41. The molecule has 0 bridgehead atoms. The summed E-state index contributed by atoms with van der Waals surface area (Å²) in [6, 6.07) is 9.00. The second-order valence-electron chi connectivity index (χ2n) is 4.67. The quantitative estimate of drug-likeness (QED) is 0.817. The standard InChI is InChI=1S/C15H17NOS/c1-12-8-14(13-2-7-18-11-13)10-15(9-12)16-3-5-17-6-4-16/h2,7-11H,3-6H2,1H3. The molecule has 0 unspecified atom stereocenters. The molecule has 0 saturated carbocycles. The number of hydrogen-bond acceptors (Lipinski definition) is 3.